The van der Waals surface area contributed by atoms with E-state index in [4.69, 9.17) is 4.74 Å². The minimum atomic E-state index is -3.83. The van der Waals surface area contributed by atoms with Gasteiger partial charge in [0, 0.05) is 54.1 Å². The van der Waals surface area contributed by atoms with Crippen LogP contribution >= 0.6 is 0 Å². The van der Waals surface area contributed by atoms with Gasteiger partial charge >= 0.3 is 0 Å². The quantitative estimate of drug-likeness (QED) is 0.210. The maximum Gasteiger partial charge on any atom is 0.257 e. The molecule has 1 aliphatic rings. The molecule has 45 heavy (non-hydrogen) atoms. The van der Waals surface area contributed by atoms with Crippen LogP contribution in [0, 0.1) is 6.92 Å². The molecule has 2 aromatic heterocycles. The fourth-order valence-corrected chi connectivity index (χ4v) is 6.85. The Morgan fingerprint density at radius 3 is 2.49 bits per heavy atom. The predicted molar refractivity (Wildman–Crippen MR) is 174 cm³/mol. The summed E-state index contributed by atoms with van der Waals surface area (Å²) in [5, 5.41) is 14.0. The van der Waals surface area contributed by atoms with Crippen LogP contribution in [0.15, 0.2) is 90.1 Å². The minimum Gasteiger partial charge on any atom is -0.496 e. The third kappa shape index (κ3) is 6.50. The molecule has 1 amide bonds. The maximum atomic E-state index is 13.4. The molecule has 2 N–H and O–H groups in total. The minimum absolute atomic E-state index is 0.0541. The lowest BCUT2D eigenvalue weighted by Crippen LogP contribution is -2.35. The van der Waals surface area contributed by atoms with Gasteiger partial charge in [0.05, 0.1) is 17.6 Å². The number of hydrogen-bond acceptors (Lipinski definition) is 8. The molecule has 3 aromatic carbocycles. The van der Waals surface area contributed by atoms with Crippen LogP contribution in [0.4, 0.5) is 11.5 Å². The number of sulfonamides is 1. The number of nitrogens with one attached hydrogen (secondary N) is 2. The van der Waals surface area contributed by atoms with Gasteiger partial charge in [-0.3, -0.25) is 9.78 Å². The molecular weight excluding hydrogens is 588 g/mol. The summed E-state index contributed by atoms with van der Waals surface area (Å²) in [6, 6.07) is 21.9. The van der Waals surface area contributed by atoms with Gasteiger partial charge in [0.25, 0.3) is 5.91 Å². The summed E-state index contributed by atoms with van der Waals surface area (Å²) in [4.78, 5) is 19.5. The summed E-state index contributed by atoms with van der Waals surface area (Å²) in [7, 11) is -2.27. The molecule has 11 heteroatoms. The molecule has 1 saturated heterocycles. The van der Waals surface area contributed by atoms with Crippen molar-refractivity contribution in [3.05, 3.63) is 102 Å². The van der Waals surface area contributed by atoms with Crippen molar-refractivity contribution in [3.8, 4) is 17.0 Å². The van der Waals surface area contributed by atoms with Gasteiger partial charge in [-0.25, -0.2) is 13.1 Å². The van der Waals surface area contributed by atoms with E-state index in [9.17, 15) is 13.2 Å². The Bertz CT molecular complexity index is 1960. The largest absolute Gasteiger partial charge is 0.496 e. The highest BCUT2D eigenvalue weighted by Crippen LogP contribution is 2.34. The number of anilines is 2. The molecule has 0 radical (unpaired) electrons. The van der Waals surface area contributed by atoms with Crippen LogP contribution < -0.4 is 14.8 Å². The monoisotopic (exact) mass is 622 g/mol. The number of benzene rings is 3. The molecule has 0 atom stereocenters. The van der Waals surface area contributed by atoms with Gasteiger partial charge in [-0.15, -0.1) is 10.2 Å². The van der Waals surface area contributed by atoms with E-state index in [1.54, 1.807) is 56.8 Å². The average molecular weight is 623 g/mol. The van der Waals surface area contributed by atoms with Crippen LogP contribution in [0.5, 0.6) is 5.75 Å². The molecule has 0 saturated carbocycles. The standard InChI is InChI=1S/C34H34N6O4S/c1-23-12-13-25(19-31(23)45(42,43)36-22-24-9-8-16-35-21-24)32-27-10-4-5-11-28(27)33(39-38-32)37-26-14-15-30(44-2)29(20-26)34(41)40-17-6-3-7-18-40/h4-5,8-16,19-21,36H,3,6-7,17-18,22H2,1-2H3,(H,37,39). The lowest BCUT2D eigenvalue weighted by Gasteiger charge is -2.27. The van der Waals surface area contributed by atoms with E-state index >= 15 is 0 Å². The van der Waals surface area contributed by atoms with Gasteiger partial charge < -0.3 is 15.0 Å². The molecule has 10 nitrogen and oxygen atoms in total. The van der Waals surface area contributed by atoms with Gasteiger partial charge in [0.2, 0.25) is 10.0 Å². The Hall–Kier alpha value is -4.87. The number of pyridine rings is 1. The van der Waals surface area contributed by atoms with Crippen LogP contribution in [-0.2, 0) is 16.6 Å². The van der Waals surface area contributed by atoms with Crippen molar-refractivity contribution >= 4 is 38.2 Å². The lowest BCUT2D eigenvalue weighted by atomic mass is 10.0. The van der Waals surface area contributed by atoms with E-state index in [1.807, 2.05) is 47.4 Å². The third-order valence-corrected chi connectivity index (χ3v) is 9.51. The second kappa shape index (κ2) is 13.0. The molecule has 0 bridgehead atoms. The molecule has 1 fully saturated rings. The number of fused-ring (bicyclic) bond motifs is 1. The molecule has 0 aliphatic carbocycles. The Labute approximate surface area is 262 Å². The average Bonchev–Trinajstić information content (AvgIpc) is 3.08. The zero-order valence-corrected chi connectivity index (χ0v) is 26.0. The second-order valence-electron chi connectivity index (χ2n) is 11.0. The summed E-state index contributed by atoms with van der Waals surface area (Å²) in [5.41, 5.74) is 3.71. The summed E-state index contributed by atoms with van der Waals surface area (Å²) < 4.78 is 34.9. The Balaban J connectivity index is 1.32. The summed E-state index contributed by atoms with van der Waals surface area (Å²) in [6.45, 7) is 3.36. The van der Waals surface area contributed by atoms with Gasteiger partial charge in [-0.2, -0.15) is 0 Å². The number of amides is 1. The zero-order valence-electron chi connectivity index (χ0n) is 25.2. The van der Waals surface area contributed by atoms with Gasteiger partial charge in [-0.05, 0) is 67.6 Å². The Morgan fingerprint density at radius 2 is 1.73 bits per heavy atom. The van der Waals surface area contributed by atoms with Gasteiger partial charge in [0.1, 0.15) is 11.4 Å². The molecule has 0 spiro atoms. The van der Waals surface area contributed by atoms with Crippen LogP contribution in [0.1, 0.15) is 40.7 Å². The first-order valence-electron chi connectivity index (χ1n) is 14.8. The molecule has 3 heterocycles. The van der Waals surface area contributed by atoms with E-state index in [0.29, 0.717) is 39.6 Å². The molecule has 5 aromatic rings. The van der Waals surface area contributed by atoms with Crippen LogP contribution in [-0.4, -0.2) is 54.6 Å². The highest BCUT2D eigenvalue weighted by molar-refractivity contribution is 7.89. The number of piperidine rings is 1. The van der Waals surface area contributed by atoms with E-state index in [0.717, 1.165) is 48.7 Å². The smallest absolute Gasteiger partial charge is 0.257 e. The number of methoxy groups -OCH3 is 1. The van der Waals surface area contributed by atoms with E-state index in [2.05, 4.69) is 25.2 Å². The van der Waals surface area contributed by atoms with Crippen LogP contribution in [0.2, 0.25) is 0 Å². The number of hydrogen-bond donors (Lipinski definition) is 2. The van der Waals surface area contributed by atoms with E-state index in [-0.39, 0.29) is 17.3 Å². The number of aryl methyl sites for hydroxylation is 1. The van der Waals surface area contributed by atoms with Gasteiger partial charge in [-0.1, -0.05) is 42.5 Å². The third-order valence-electron chi connectivity index (χ3n) is 7.96. The predicted octanol–water partition coefficient (Wildman–Crippen LogP) is 5.86. The van der Waals surface area contributed by atoms with Crippen molar-refractivity contribution < 1.29 is 17.9 Å². The first kappa shape index (κ1) is 30.2. The van der Waals surface area contributed by atoms with Crippen molar-refractivity contribution in [3.63, 3.8) is 0 Å². The molecule has 1 aliphatic heterocycles. The molecule has 0 unspecified atom stereocenters. The van der Waals surface area contributed by atoms with Crippen LogP contribution in [0.3, 0.4) is 0 Å². The summed E-state index contributed by atoms with van der Waals surface area (Å²) in [5.74, 6) is 0.970. The Kier molecular flexibility index (Phi) is 8.72. The number of rotatable bonds is 9. The first-order chi connectivity index (χ1) is 21.8. The van der Waals surface area contributed by atoms with Crippen molar-refractivity contribution in [2.75, 3.05) is 25.5 Å². The highest BCUT2D eigenvalue weighted by Gasteiger charge is 2.23. The number of carbonyl (C=O) groups excluding carboxylic acids is 1. The van der Waals surface area contributed by atoms with E-state index < -0.39 is 10.0 Å². The van der Waals surface area contributed by atoms with E-state index in [1.165, 1.54) is 0 Å². The maximum absolute atomic E-state index is 13.4. The summed E-state index contributed by atoms with van der Waals surface area (Å²) >= 11 is 0. The normalized spacial score (nSPS) is 13.5. The fraction of sp³-hybridized carbons (Fsp3) is 0.235. The first-order valence-corrected chi connectivity index (χ1v) is 16.3. The number of nitrogens with zero attached hydrogens (tertiary/aromatic N) is 4. The van der Waals surface area contributed by atoms with Crippen molar-refractivity contribution in [1.82, 2.24) is 24.8 Å². The highest BCUT2D eigenvalue weighted by atomic mass is 32.2. The lowest BCUT2D eigenvalue weighted by molar-refractivity contribution is 0.0721. The SMILES string of the molecule is COc1ccc(Nc2nnc(-c3ccc(C)c(S(=O)(=O)NCc4cccnc4)c3)c3ccccc23)cc1C(=O)N1CCCCC1. The second-order valence-corrected chi connectivity index (χ2v) is 12.7. The van der Waals surface area contributed by atoms with Crippen molar-refractivity contribution in [2.24, 2.45) is 0 Å². The zero-order chi connectivity index (χ0) is 31.4. The number of carbonyl (C=O) groups is 1. The van der Waals surface area contributed by atoms with Crippen molar-refractivity contribution in [2.45, 2.75) is 37.6 Å². The molecule has 6 rings (SSSR count). The summed E-state index contributed by atoms with van der Waals surface area (Å²) in [6.07, 6.45) is 6.39. The van der Waals surface area contributed by atoms with Gasteiger partial charge in [0.15, 0.2) is 5.82 Å². The van der Waals surface area contributed by atoms with Crippen molar-refractivity contribution in [1.29, 1.82) is 0 Å². The van der Waals surface area contributed by atoms with Crippen LogP contribution in [0.25, 0.3) is 22.0 Å². The molecule has 230 valence electrons. The number of aromatic nitrogens is 3. The molecular formula is C34H34N6O4S. The fourth-order valence-electron chi connectivity index (χ4n) is 5.56. The number of ether oxygens (including phenoxy) is 1. The number of likely N-dealkylation sites (tertiary alicyclic amines) is 1. The Morgan fingerprint density at radius 1 is 0.933 bits per heavy atom. The topological polar surface area (TPSA) is 126 Å².